The Hall–Kier alpha value is -3.43. The highest BCUT2D eigenvalue weighted by Crippen LogP contribution is 2.21. The van der Waals surface area contributed by atoms with Gasteiger partial charge in [-0.3, -0.25) is 14.4 Å². The largest absolute Gasteiger partial charge is 0.471 e. The van der Waals surface area contributed by atoms with Crippen LogP contribution in [0.4, 0.5) is 18.9 Å². The summed E-state index contributed by atoms with van der Waals surface area (Å²) < 4.78 is 38.1. The number of hydrogen-bond acceptors (Lipinski definition) is 4. The molecule has 1 N–H and O–H groups in total. The molecule has 0 aliphatic rings. The Morgan fingerprint density at radius 3 is 2.32 bits per heavy atom. The molecule has 3 amide bonds. The molecular weight excluding hydrogens is 413 g/mol. The molecule has 0 saturated heterocycles. The third-order valence-electron chi connectivity index (χ3n) is 4.43. The smallest absolute Gasteiger partial charge is 0.343 e. The van der Waals surface area contributed by atoms with Gasteiger partial charge in [0, 0.05) is 32.9 Å². The number of carbonyl (C=O) groups excluding carboxylic acids is 3. The zero-order valence-electron chi connectivity index (χ0n) is 17.6. The fourth-order valence-electron chi connectivity index (χ4n) is 2.82. The van der Waals surface area contributed by atoms with E-state index in [9.17, 15) is 27.6 Å². The van der Waals surface area contributed by atoms with Gasteiger partial charge in [-0.05, 0) is 43.7 Å². The van der Waals surface area contributed by atoms with Crippen molar-refractivity contribution in [3.63, 3.8) is 0 Å². The van der Waals surface area contributed by atoms with Crippen molar-refractivity contribution in [3.8, 4) is 0 Å². The molecular formula is C21H23F3N4O3. The summed E-state index contributed by atoms with van der Waals surface area (Å²) in [6.45, 7) is 2.69. The minimum absolute atomic E-state index is 0.113. The van der Waals surface area contributed by atoms with Gasteiger partial charge in [0.25, 0.3) is 11.8 Å². The lowest BCUT2D eigenvalue weighted by molar-refractivity contribution is -0.185. The van der Waals surface area contributed by atoms with E-state index in [1.165, 1.54) is 30.0 Å². The van der Waals surface area contributed by atoms with E-state index >= 15 is 0 Å². The number of aryl methyl sites for hydroxylation is 1. The van der Waals surface area contributed by atoms with Crippen molar-refractivity contribution in [1.82, 2.24) is 14.8 Å². The Labute approximate surface area is 177 Å². The quantitative estimate of drug-likeness (QED) is 0.754. The molecule has 1 aromatic carbocycles. The van der Waals surface area contributed by atoms with Crippen LogP contribution in [-0.2, 0) is 11.3 Å². The molecule has 2 rings (SSSR count). The van der Waals surface area contributed by atoms with Crippen LogP contribution in [0.3, 0.4) is 0 Å². The molecule has 0 aliphatic carbocycles. The minimum atomic E-state index is -4.95. The lowest BCUT2D eigenvalue weighted by Gasteiger charge is -2.22. The third-order valence-corrected chi connectivity index (χ3v) is 4.43. The van der Waals surface area contributed by atoms with Crippen LogP contribution >= 0.6 is 0 Å². The van der Waals surface area contributed by atoms with Gasteiger partial charge in [-0.15, -0.1) is 0 Å². The van der Waals surface area contributed by atoms with Gasteiger partial charge < -0.3 is 15.1 Å². The first kappa shape index (κ1) is 23.8. The zero-order chi connectivity index (χ0) is 23.3. The van der Waals surface area contributed by atoms with Crippen LogP contribution in [0.1, 0.15) is 39.0 Å². The molecule has 31 heavy (non-hydrogen) atoms. The SMILES string of the molecule is CCN(Cc1cccc(NC(=O)c2ccc(C(=O)N(C)C)nc2C)c1)C(=O)C(F)(F)F. The summed E-state index contributed by atoms with van der Waals surface area (Å²) in [5, 5.41) is 2.66. The second kappa shape index (κ2) is 9.59. The third kappa shape index (κ3) is 6.03. The number of pyridine rings is 1. The Kier molecular flexibility index (Phi) is 7.37. The average molecular weight is 436 g/mol. The Balaban J connectivity index is 2.16. The molecule has 1 heterocycles. The van der Waals surface area contributed by atoms with Crippen molar-refractivity contribution in [3.05, 3.63) is 58.9 Å². The van der Waals surface area contributed by atoms with Crippen LogP contribution in [0.5, 0.6) is 0 Å². The first-order chi connectivity index (χ1) is 14.4. The van der Waals surface area contributed by atoms with Gasteiger partial charge in [0.1, 0.15) is 5.69 Å². The second-order valence-electron chi connectivity index (χ2n) is 7.00. The van der Waals surface area contributed by atoms with Crippen molar-refractivity contribution in [2.45, 2.75) is 26.6 Å². The van der Waals surface area contributed by atoms with Crippen molar-refractivity contribution in [1.29, 1.82) is 0 Å². The molecule has 10 heteroatoms. The lowest BCUT2D eigenvalue weighted by Crippen LogP contribution is -2.40. The molecule has 7 nitrogen and oxygen atoms in total. The summed E-state index contributed by atoms with van der Waals surface area (Å²) >= 11 is 0. The molecule has 1 aromatic heterocycles. The van der Waals surface area contributed by atoms with Crippen LogP contribution in [0, 0.1) is 6.92 Å². The number of anilines is 1. The molecule has 0 spiro atoms. The van der Waals surface area contributed by atoms with Crippen LogP contribution in [0.2, 0.25) is 0 Å². The van der Waals surface area contributed by atoms with Crippen LogP contribution in [-0.4, -0.2) is 59.3 Å². The lowest BCUT2D eigenvalue weighted by atomic mass is 10.1. The topological polar surface area (TPSA) is 82.6 Å². The van der Waals surface area contributed by atoms with Crippen molar-refractivity contribution < 1.29 is 27.6 Å². The van der Waals surface area contributed by atoms with Gasteiger partial charge in [0.15, 0.2) is 0 Å². The monoisotopic (exact) mass is 436 g/mol. The maximum atomic E-state index is 12.7. The van der Waals surface area contributed by atoms with Gasteiger partial charge >= 0.3 is 12.1 Å². The summed E-state index contributed by atoms with van der Waals surface area (Å²) in [6.07, 6.45) is -4.95. The normalized spacial score (nSPS) is 11.1. The predicted octanol–water partition coefficient (Wildman–Crippen LogP) is 3.25. The van der Waals surface area contributed by atoms with E-state index in [1.54, 1.807) is 39.2 Å². The standard InChI is InChI=1S/C21H23F3N4O3/c1-5-28(20(31)21(22,23)24)12-14-7-6-8-15(11-14)26-18(29)16-9-10-17(25-13(16)2)19(30)27(3)4/h6-11H,5,12H2,1-4H3,(H,26,29). The van der Waals surface area contributed by atoms with E-state index in [2.05, 4.69) is 10.3 Å². The van der Waals surface area contributed by atoms with Crippen LogP contribution in [0.25, 0.3) is 0 Å². The summed E-state index contributed by atoms with van der Waals surface area (Å²) in [7, 11) is 3.18. The highest BCUT2D eigenvalue weighted by Gasteiger charge is 2.41. The summed E-state index contributed by atoms with van der Waals surface area (Å²) in [5.74, 6) is -2.69. The Bertz CT molecular complexity index is 990. The number of rotatable bonds is 6. The van der Waals surface area contributed by atoms with Crippen molar-refractivity contribution >= 4 is 23.4 Å². The molecule has 0 aliphatic heterocycles. The summed E-state index contributed by atoms with van der Waals surface area (Å²) in [4.78, 5) is 42.3. The highest BCUT2D eigenvalue weighted by atomic mass is 19.4. The van der Waals surface area contributed by atoms with Gasteiger partial charge in [-0.25, -0.2) is 4.98 Å². The fraction of sp³-hybridized carbons (Fsp3) is 0.333. The average Bonchev–Trinajstić information content (AvgIpc) is 2.70. The van der Waals surface area contributed by atoms with Crippen molar-refractivity contribution in [2.75, 3.05) is 26.0 Å². The molecule has 0 radical (unpaired) electrons. The number of nitrogens with one attached hydrogen (secondary N) is 1. The predicted molar refractivity (Wildman–Crippen MR) is 109 cm³/mol. The van der Waals surface area contributed by atoms with Crippen LogP contribution in [0.15, 0.2) is 36.4 Å². The molecule has 0 saturated carbocycles. The zero-order valence-corrected chi connectivity index (χ0v) is 17.6. The molecule has 0 fully saturated rings. The van der Waals surface area contributed by atoms with Crippen LogP contribution < -0.4 is 5.32 Å². The maximum absolute atomic E-state index is 12.7. The minimum Gasteiger partial charge on any atom is -0.343 e. The molecule has 0 unspecified atom stereocenters. The van der Waals surface area contributed by atoms with E-state index in [1.807, 2.05) is 0 Å². The first-order valence-electron chi connectivity index (χ1n) is 9.39. The summed E-state index contributed by atoms with van der Waals surface area (Å²) in [6, 6.07) is 9.14. The first-order valence-corrected chi connectivity index (χ1v) is 9.39. The van der Waals surface area contributed by atoms with Gasteiger partial charge in [-0.1, -0.05) is 12.1 Å². The number of hydrogen-bond donors (Lipinski definition) is 1. The molecule has 0 atom stereocenters. The number of amides is 3. The molecule has 0 bridgehead atoms. The van der Waals surface area contributed by atoms with Gasteiger partial charge in [0.2, 0.25) is 0 Å². The number of benzene rings is 1. The van der Waals surface area contributed by atoms with E-state index < -0.39 is 18.0 Å². The van der Waals surface area contributed by atoms with Gasteiger partial charge in [-0.2, -0.15) is 13.2 Å². The maximum Gasteiger partial charge on any atom is 0.471 e. The van der Waals surface area contributed by atoms with Gasteiger partial charge in [0.05, 0.1) is 11.3 Å². The van der Waals surface area contributed by atoms with E-state index in [4.69, 9.17) is 0 Å². The number of aromatic nitrogens is 1. The van der Waals surface area contributed by atoms with Crippen molar-refractivity contribution in [2.24, 2.45) is 0 Å². The van der Waals surface area contributed by atoms with E-state index in [0.717, 1.165) is 0 Å². The van der Waals surface area contributed by atoms with E-state index in [-0.39, 0.29) is 30.3 Å². The number of carbonyl (C=O) groups is 3. The molecule has 166 valence electrons. The summed E-state index contributed by atoms with van der Waals surface area (Å²) in [5.41, 5.74) is 1.59. The second-order valence-corrected chi connectivity index (χ2v) is 7.00. The van der Waals surface area contributed by atoms with E-state index in [0.29, 0.717) is 21.8 Å². The Morgan fingerprint density at radius 2 is 1.77 bits per heavy atom. The number of nitrogens with zero attached hydrogens (tertiary/aromatic N) is 3. The fourth-order valence-corrected chi connectivity index (χ4v) is 2.82. The number of alkyl halides is 3. The number of halogens is 3. The highest BCUT2D eigenvalue weighted by molar-refractivity contribution is 6.05. The molecule has 2 aromatic rings. The Morgan fingerprint density at radius 1 is 1.10 bits per heavy atom.